The number of hydrogen-bond acceptors (Lipinski definition) is 2. The number of carbonyl (C=O) groups excluding carboxylic acids is 2. The van der Waals surface area contributed by atoms with Crippen LogP contribution in [0.4, 0.5) is 11.4 Å². The van der Waals surface area contributed by atoms with E-state index in [0.29, 0.717) is 12.1 Å². The third-order valence-electron chi connectivity index (χ3n) is 6.47. The van der Waals surface area contributed by atoms with Gasteiger partial charge < -0.3 is 10.6 Å². The molecule has 0 saturated heterocycles. The molecule has 4 nitrogen and oxygen atoms in total. The van der Waals surface area contributed by atoms with Gasteiger partial charge in [0.25, 0.3) is 0 Å². The summed E-state index contributed by atoms with van der Waals surface area (Å²) in [6.07, 6.45) is 26.3. The van der Waals surface area contributed by atoms with Crippen LogP contribution in [0.15, 0.2) is 24.3 Å². The van der Waals surface area contributed by atoms with Crippen LogP contribution in [-0.2, 0) is 9.59 Å². The lowest BCUT2D eigenvalue weighted by atomic mass is 10.0. The fraction of sp³-hybridized carbons (Fsp3) is 0.733. The molecule has 1 rings (SSSR count). The van der Waals surface area contributed by atoms with E-state index in [0.717, 1.165) is 18.5 Å². The Balaban J connectivity index is 1.84. The molecule has 0 radical (unpaired) electrons. The summed E-state index contributed by atoms with van der Waals surface area (Å²) in [4.78, 5) is 23.3. The van der Waals surface area contributed by atoms with E-state index < -0.39 is 0 Å². The molecule has 0 spiro atoms. The summed E-state index contributed by atoms with van der Waals surface area (Å²) in [7, 11) is 0. The van der Waals surface area contributed by atoms with Crippen molar-refractivity contribution in [1.29, 1.82) is 0 Å². The first kappa shape index (κ1) is 30.2. The summed E-state index contributed by atoms with van der Waals surface area (Å²) in [5, 5.41) is 5.66. The first-order chi connectivity index (χ1) is 16.6. The molecule has 1 aromatic carbocycles. The zero-order valence-corrected chi connectivity index (χ0v) is 22.3. The van der Waals surface area contributed by atoms with Gasteiger partial charge in [0.05, 0.1) is 0 Å². The molecule has 34 heavy (non-hydrogen) atoms. The van der Waals surface area contributed by atoms with Crippen molar-refractivity contribution < 1.29 is 9.59 Å². The molecule has 0 aliphatic heterocycles. The van der Waals surface area contributed by atoms with Crippen LogP contribution in [0, 0.1) is 0 Å². The number of anilines is 2. The highest BCUT2D eigenvalue weighted by atomic mass is 16.2. The quantitative estimate of drug-likeness (QED) is 0.165. The minimum absolute atomic E-state index is 0.0481. The Morgan fingerprint density at radius 3 is 1.38 bits per heavy atom. The summed E-state index contributed by atoms with van der Waals surface area (Å²) in [6, 6.07) is 7.28. The van der Waals surface area contributed by atoms with E-state index in [1.54, 1.807) is 6.07 Å². The zero-order valence-electron chi connectivity index (χ0n) is 22.3. The number of amides is 2. The highest BCUT2D eigenvalue weighted by Gasteiger charge is 2.04. The van der Waals surface area contributed by atoms with Crippen molar-refractivity contribution >= 4 is 23.2 Å². The first-order valence-electron chi connectivity index (χ1n) is 14.3. The molecule has 0 saturated carbocycles. The molecular formula is C30H52N2O2. The molecule has 0 fully saturated rings. The van der Waals surface area contributed by atoms with E-state index in [-0.39, 0.29) is 11.8 Å². The Morgan fingerprint density at radius 1 is 0.588 bits per heavy atom. The minimum atomic E-state index is -0.113. The molecule has 0 aliphatic rings. The molecule has 1 aromatic rings. The van der Waals surface area contributed by atoms with E-state index in [4.69, 9.17) is 0 Å². The van der Waals surface area contributed by atoms with E-state index >= 15 is 0 Å². The summed E-state index contributed by atoms with van der Waals surface area (Å²) in [5.41, 5.74) is 1.43. The molecule has 0 heterocycles. The molecule has 0 atom stereocenters. The van der Waals surface area contributed by atoms with E-state index in [9.17, 15) is 9.59 Å². The Morgan fingerprint density at radius 2 is 0.971 bits per heavy atom. The zero-order chi connectivity index (χ0) is 24.7. The molecule has 0 bridgehead atoms. The highest BCUT2D eigenvalue weighted by molar-refractivity contribution is 5.93. The fourth-order valence-electron chi connectivity index (χ4n) is 4.47. The smallest absolute Gasteiger partial charge is 0.224 e. The Kier molecular flexibility index (Phi) is 19.2. The van der Waals surface area contributed by atoms with Crippen molar-refractivity contribution in [3.8, 4) is 0 Å². The van der Waals surface area contributed by atoms with Gasteiger partial charge in [0.2, 0.25) is 11.8 Å². The number of rotatable bonds is 22. The van der Waals surface area contributed by atoms with Crippen molar-refractivity contribution in [3.05, 3.63) is 24.3 Å². The predicted molar refractivity (Wildman–Crippen MR) is 147 cm³/mol. The molecule has 0 aliphatic carbocycles. The van der Waals surface area contributed by atoms with Gasteiger partial charge in [-0.05, 0) is 24.6 Å². The van der Waals surface area contributed by atoms with Crippen molar-refractivity contribution in [2.75, 3.05) is 10.6 Å². The van der Waals surface area contributed by atoms with Crippen LogP contribution >= 0.6 is 0 Å². The number of benzene rings is 1. The average molecular weight is 473 g/mol. The second kappa shape index (κ2) is 21.7. The first-order valence-corrected chi connectivity index (χ1v) is 14.3. The van der Waals surface area contributed by atoms with Gasteiger partial charge in [-0.2, -0.15) is 0 Å². The lowest BCUT2D eigenvalue weighted by molar-refractivity contribution is -0.116. The molecule has 2 N–H and O–H groups in total. The molecule has 194 valence electrons. The summed E-state index contributed by atoms with van der Waals surface area (Å²) in [5.74, 6) is -0.0653. The average Bonchev–Trinajstić information content (AvgIpc) is 2.80. The highest BCUT2D eigenvalue weighted by Crippen LogP contribution is 2.17. The standard InChI is InChI=1S/C30H52N2O2/c1-3-4-5-6-7-8-9-10-11-12-13-14-15-16-17-18-19-20-21-25-30(34)32-29-24-22-23-28(26-29)31-27(2)33/h22-24,26H,3-21,25H2,1-2H3,(H,31,33)(H,32,34). The van der Waals surface area contributed by atoms with E-state index in [2.05, 4.69) is 17.6 Å². The molecular weight excluding hydrogens is 420 g/mol. The van der Waals surface area contributed by atoms with Crippen LogP contribution in [0.1, 0.15) is 142 Å². The third kappa shape index (κ3) is 18.6. The van der Waals surface area contributed by atoms with Gasteiger partial charge in [-0.15, -0.1) is 0 Å². The van der Waals surface area contributed by atoms with Gasteiger partial charge in [-0.3, -0.25) is 9.59 Å². The van der Waals surface area contributed by atoms with Crippen LogP contribution in [0.5, 0.6) is 0 Å². The normalized spacial score (nSPS) is 10.9. The van der Waals surface area contributed by atoms with Crippen LogP contribution in [0.25, 0.3) is 0 Å². The van der Waals surface area contributed by atoms with Gasteiger partial charge in [0.15, 0.2) is 0 Å². The summed E-state index contributed by atoms with van der Waals surface area (Å²) in [6.45, 7) is 3.76. The lowest BCUT2D eigenvalue weighted by Gasteiger charge is -2.08. The molecule has 2 amide bonds. The number of unbranched alkanes of at least 4 members (excludes halogenated alkanes) is 18. The summed E-state index contributed by atoms with van der Waals surface area (Å²) < 4.78 is 0. The van der Waals surface area contributed by atoms with Crippen molar-refractivity contribution in [3.63, 3.8) is 0 Å². The van der Waals surface area contributed by atoms with Crippen molar-refractivity contribution in [1.82, 2.24) is 0 Å². The monoisotopic (exact) mass is 472 g/mol. The van der Waals surface area contributed by atoms with Crippen LogP contribution in [0.2, 0.25) is 0 Å². The Bertz CT molecular complexity index is 644. The Labute approximate surface area is 210 Å². The molecule has 0 unspecified atom stereocenters. The second-order valence-corrected chi connectivity index (χ2v) is 9.92. The van der Waals surface area contributed by atoms with Crippen LogP contribution < -0.4 is 10.6 Å². The number of nitrogens with one attached hydrogen (secondary N) is 2. The summed E-state index contributed by atoms with van der Waals surface area (Å²) >= 11 is 0. The fourth-order valence-corrected chi connectivity index (χ4v) is 4.47. The minimum Gasteiger partial charge on any atom is -0.326 e. The van der Waals surface area contributed by atoms with Gasteiger partial charge in [0.1, 0.15) is 0 Å². The van der Waals surface area contributed by atoms with Gasteiger partial charge >= 0.3 is 0 Å². The molecule has 4 heteroatoms. The lowest BCUT2D eigenvalue weighted by Crippen LogP contribution is -2.12. The van der Waals surface area contributed by atoms with Gasteiger partial charge in [-0.25, -0.2) is 0 Å². The van der Waals surface area contributed by atoms with Gasteiger partial charge in [-0.1, -0.05) is 129 Å². The van der Waals surface area contributed by atoms with Crippen LogP contribution in [-0.4, -0.2) is 11.8 Å². The Hall–Kier alpha value is -1.84. The topological polar surface area (TPSA) is 58.2 Å². The second-order valence-electron chi connectivity index (χ2n) is 9.92. The van der Waals surface area contributed by atoms with Crippen molar-refractivity contribution in [2.24, 2.45) is 0 Å². The van der Waals surface area contributed by atoms with E-state index in [1.165, 1.54) is 116 Å². The SMILES string of the molecule is CCCCCCCCCCCCCCCCCCCCCC(=O)Nc1cccc(NC(C)=O)c1. The maximum Gasteiger partial charge on any atom is 0.224 e. The third-order valence-corrected chi connectivity index (χ3v) is 6.47. The maximum atomic E-state index is 12.1. The maximum absolute atomic E-state index is 12.1. The molecule has 0 aromatic heterocycles. The number of carbonyl (C=O) groups is 2. The van der Waals surface area contributed by atoms with Crippen LogP contribution in [0.3, 0.4) is 0 Å². The predicted octanol–water partition coefficient (Wildman–Crippen LogP) is 9.41. The van der Waals surface area contributed by atoms with Crippen molar-refractivity contribution in [2.45, 2.75) is 142 Å². The van der Waals surface area contributed by atoms with E-state index in [1.807, 2.05) is 18.2 Å². The van der Waals surface area contributed by atoms with Gasteiger partial charge in [0, 0.05) is 24.7 Å². The largest absolute Gasteiger partial charge is 0.326 e. The number of hydrogen-bond donors (Lipinski definition) is 2.